The van der Waals surface area contributed by atoms with Gasteiger partial charge in [-0.05, 0) is 101 Å². The Hall–Kier alpha value is -4.03. The quantitative estimate of drug-likeness (QED) is 0.240. The standard InChI is InChI=1S/C38H49N5O7/c1-24-34(47-2)14-13-32(40-24)26-5-3-25(4-6-26)20-43(35-19-29(15-16-39-35)33-23-49-36(41-33)27-7-8-27)37(45)28-9-11-30(12-10-28)50-38(46)42-21-31(22-42)48-18-17-44/h13-16,19,23,25-28,30-31,44H,3-12,17-18,20-22H2,1-2H3. The van der Waals surface area contributed by atoms with E-state index in [0.717, 1.165) is 72.8 Å². The van der Waals surface area contributed by atoms with Crippen LogP contribution in [0.4, 0.5) is 10.6 Å². The van der Waals surface area contributed by atoms with Gasteiger partial charge in [-0.1, -0.05) is 0 Å². The lowest BCUT2D eigenvalue weighted by molar-refractivity contribution is -0.124. The van der Waals surface area contributed by atoms with Gasteiger partial charge in [0.2, 0.25) is 5.91 Å². The number of anilines is 1. The van der Waals surface area contributed by atoms with E-state index in [-0.39, 0.29) is 43.3 Å². The average molecular weight is 688 g/mol. The normalized spacial score (nSPS) is 24.0. The Morgan fingerprint density at radius 1 is 0.960 bits per heavy atom. The van der Waals surface area contributed by atoms with Gasteiger partial charge in [-0.25, -0.2) is 14.8 Å². The van der Waals surface area contributed by atoms with E-state index in [4.69, 9.17) is 38.7 Å². The molecule has 0 unspecified atom stereocenters. The fourth-order valence-corrected chi connectivity index (χ4v) is 7.65. The van der Waals surface area contributed by atoms with Gasteiger partial charge in [0, 0.05) is 41.8 Å². The summed E-state index contributed by atoms with van der Waals surface area (Å²) in [5.74, 6) is 3.29. The maximum absolute atomic E-state index is 14.4. The molecule has 268 valence electrons. The molecule has 0 radical (unpaired) electrons. The number of aliphatic hydroxyl groups excluding tert-OH is 1. The molecule has 12 nitrogen and oxygen atoms in total. The predicted molar refractivity (Wildman–Crippen MR) is 185 cm³/mol. The number of aliphatic hydroxyl groups is 1. The van der Waals surface area contributed by atoms with Crippen LogP contribution in [0.2, 0.25) is 0 Å². The Morgan fingerprint density at radius 2 is 1.72 bits per heavy atom. The van der Waals surface area contributed by atoms with Gasteiger partial charge in [0.05, 0.1) is 45.2 Å². The maximum atomic E-state index is 14.4. The van der Waals surface area contributed by atoms with Crippen molar-refractivity contribution in [3.63, 3.8) is 0 Å². The van der Waals surface area contributed by atoms with Crippen molar-refractivity contribution in [2.24, 2.45) is 11.8 Å². The summed E-state index contributed by atoms with van der Waals surface area (Å²) >= 11 is 0. The summed E-state index contributed by atoms with van der Waals surface area (Å²) in [7, 11) is 1.67. The zero-order valence-corrected chi connectivity index (χ0v) is 29.2. The summed E-state index contributed by atoms with van der Waals surface area (Å²) in [6.45, 7) is 3.77. The smallest absolute Gasteiger partial charge is 0.410 e. The number of aromatic nitrogens is 3. The molecule has 3 aromatic heterocycles. The molecule has 50 heavy (non-hydrogen) atoms. The maximum Gasteiger partial charge on any atom is 0.410 e. The first kappa shape index (κ1) is 34.4. The highest BCUT2D eigenvalue weighted by Crippen LogP contribution is 2.41. The highest BCUT2D eigenvalue weighted by atomic mass is 16.6. The summed E-state index contributed by atoms with van der Waals surface area (Å²) in [6.07, 6.45) is 11.7. The Labute approximate surface area is 293 Å². The van der Waals surface area contributed by atoms with Gasteiger partial charge in [-0.2, -0.15) is 0 Å². The zero-order chi connectivity index (χ0) is 34.6. The van der Waals surface area contributed by atoms with E-state index in [1.165, 1.54) is 0 Å². The number of methoxy groups -OCH3 is 1. The fraction of sp³-hybridized carbons (Fsp3) is 0.605. The molecule has 12 heteroatoms. The average Bonchev–Trinajstić information content (AvgIpc) is 3.86. The number of amides is 2. The molecule has 0 spiro atoms. The highest BCUT2D eigenvalue weighted by Gasteiger charge is 2.37. The van der Waals surface area contributed by atoms with Gasteiger partial charge in [-0.3, -0.25) is 14.7 Å². The lowest BCUT2D eigenvalue weighted by Gasteiger charge is -2.39. The van der Waals surface area contributed by atoms with E-state index in [0.29, 0.717) is 68.9 Å². The number of nitrogens with zero attached hydrogens (tertiary/aromatic N) is 5. The molecule has 3 saturated carbocycles. The largest absolute Gasteiger partial charge is 0.495 e. The number of likely N-dealkylation sites (tertiary alicyclic amines) is 1. The number of ether oxygens (including phenoxy) is 3. The molecule has 7 rings (SSSR count). The number of carbonyl (C=O) groups is 2. The van der Waals surface area contributed by atoms with Crippen molar-refractivity contribution < 1.29 is 33.3 Å². The molecule has 0 bridgehead atoms. The zero-order valence-electron chi connectivity index (χ0n) is 29.2. The van der Waals surface area contributed by atoms with Crippen molar-refractivity contribution >= 4 is 17.8 Å². The lowest BCUT2D eigenvalue weighted by Crippen LogP contribution is -2.55. The van der Waals surface area contributed by atoms with Crippen molar-refractivity contribution in [3.8, 4) is 17.0 Å². The first-order valence-electron chi connectivity index (χ1n) is 18.3. The van der Waals surface area contributed by atoms with Gasteiger partial charge < -0.3 is 28.6 Å². The van der Waals surface area contributed by atoms with Crippen molar-refractivity contribution in [1.82, 2.24) is 19.9 Å². The number of pyridine rings is 2. The van der Waals surface area contributed by atoms with E-state index >= 15 is 0 Å². The summed E-state index contributed by atoms with van der Waals surface area (Å²) in [5.41, 5.74) is 3.68. The minimum absolute atomic E-state index is 0.0339. The summed E-state index contributed by atoms with van der Waals surface area (Å²) < 4.78 is 22.5. The first-order chi connectivity index (χ1) is 24.4. The second-order valence-corrected chi connectivity index (χ2v) is 14.4. The van der Waals surface area contributed by atoms with Crippen LogP contribution in [-0.4, -0.2) is 89.1 Å². The van der Waals surface area contributed by atoms with E-state index in [9.17, 15) is 9.59 Å². The lowest BCUT2D eigenvalue weighted by atomic mass is 9.79. The second-order valence-electron chi connectivity index (χ2n) is 14.4. The number of hydrogen-bond donors (Lipinski definition) is 1. The summed E-state index contributed by atoms with van der Waals surface area (Å²) in [5, 5.41) is 8.94. The van der Waals surface area contributed by atoms with Gasteiger partial charge >= 0.3 is 6.09 Å². The van der Waals surface area contributed by atoms with Crippen molar-refractivity contribution in [1.29, 1.82) is 0 Å². The topological polar surface area (TPSA) is 140 Å². The van der Waals surface area contributed by atoms with Gasteiger partial charge in [0.15, 0.2) is 5.89 Å². The van der Waals surface area contributed by atoms with Crippen LogP contribution in [0.3, 0.4) is 0 Å². The molecule has 4 fully saturated rings. The molecule has 2 amide bonds. The number of oxazole rings is 1. The van der Waals surface area contributed by atoms with Crippen LogP contribution in [0.15, 0.2) is 41.1 Å². The van der Waals surface area contributed by atoms with Crippen molar-refractivity contribution in [2.75, 3.05) is 44.9 Å². The SMILES string of the molecule is COc1ccc(C2CCC(CN(C(=O)C3CCC(OC(=O)N4CC(OCCO)C4)CC3)c3cc(-c4coc(C5CC5)n4)ccn3)CC2)nc1C. The molecule has 4 heterocycles. The van der Waals surface area contributed by atoms with Crippen molar-refractivity contribution in [2.45, 2.75) is 95.2 Å². The second kappa shape index (κ2) is 15.5. The molecule has 0 atom stereocenters. The van der Waals surface area contributed by atoms with Crippen LogP contribution < -0.4 is 9.64 Å². The third-order valence-electron chi connectivity index (χ3n) is 10.9. The summed E-state index contributed by atoms with van der Waals surface area (Å²) in [4.78, 5) is 44.9. The number of rotatable bonds is 12. The molecule has 1 saturated heterocycles. The number of hydrogen-bond acceptors (Lipinski definition) is 10. The third-order valence-corrected chi connectivity index (χ3v) is 10.9. The monoisotopic (exact) mass is 687 g/mol. The Bertz CT molecular complexity index is 1620. The van der Waals surface area contributed by atoms with Crippen LogP contribution in [0.25, 0.3) is 11.3 Å². The summed E-state index contributed by atoms with van der Waals surface area (Å²) in [6, 6.07) is 7.99. The highest BCUT2D eigenvalue weighted by molar-refractivity contribution is 5.94. The predicted octanol–water partition coefficient (Wildman–Crippen LogP) is 6.02. The Balaban J connectivity index is 1.00. The van der Waals surface area contributed by atoms with Gasteiger partial charge in [0.25, 0.3) is 0 Å². The molecule has 1 N–H and O–H groups in total. The van der Waals surface area contributed by atoms with Crippen molar-refractivity contribution in [3.05, 3.63) is 54.0 Å². The molecule has 3 aromatic rings. The molecule has 4 aliphatic rings. The number of carbonyl (C=O) groups excluding carboxylic acids is 2. The molecular weight excluding hydrogens is 638 g/mol. The van der Waals surface area contributed by atoms with Crippen LogP contribution in [0, 0.1) is 18.8 Å². The van der Waals surface area contributed by atoms with Crippen LogP contribution in [0.1, 0.15) is 93.3 Å². The van der Waals surface area contributed by atoms with Crippen LogP contribution >= 0.6 is 0 Å². The Morgan fingerprint density at radius 3 is 2.42 bits per heavy atom. The number of aryl methyl sites for hydroxylation is 1. The van der Waals surface area contributed by atoms with E-state index in [1.54, 1.807) is 24.5 Å². The molecule has 3 aliphatic carbocycles. The van der Waals surface area contributed by atoms with Crippen LogP contribution in [0.5, 0.6) is 5.75 Å². The molecule has 1 aliphatic heterocycles. The third kappa shape index (κ3) is 7.96. The first-order valence-corrected chi connectivity index (χ1v) is 18.3. The minimum Gasteiger partial charge on any atom is -0.495 e. The fourth-order valence-electron chi connectivity index (χ4n) is 7.65. The molecule has 0 aromatic carbocycles. The van der Waals surface area contributed by atoms with E-state index < -0.39 is 0 Å². The van der Waals surface area contributed by atoms with Gasteiger partial charge in [-0.15, -0.1) is 0 Å². The molecular formula is C38H49N5O7. The minimum atomic E-state index is -0.334. The Kier molecular flexibility index (Phi) is 10.6. The van der Waals surface area contributed by atoms with E-state index in [1.807, 2.05) is 30.0 Å². The van der Waals surface area contributed by atoms with Gasteiger partial charge in [0.1, 0.15) is 29.6 Å². The van der Waals surface area contributed by atoms with Crippen LogP contribution in [-0.2, 0) is 14.3 Å². The van der Waals surface area contributed by atoms with E-state index in [2.05, 4.69) is 6.07 Å².